The lowest BCUT2D eigenvalue weighted by Crippen LogP contribution is -2.37. The van der Waals surface area contributed by atoms with Crippen molar-refractivity contribution in [2.75, 3.05) is 39.3 Å². The molecule has 6 nitrogen and oxygen atoms in total. The van der Waals surface area contributed by atoms with Crippen molar-refractivity contribution in [3.8, 4) is 0 Å². The van der Waals surface area contributed by atoms with Gasteiger partial charge in [-0.1, -0.05) is 6.92 Å². The van der Waals surface area contributed by atoms with E-state index in [1.165, 1.54) is 0 Å². The number of aliphatic carboxylic acids is 1. The van der Waals surface area contributed by atoms with E-state index in [1.807, 2.05) is 11.8 Å². The van der Waals surface area contributed by atoms with Crippen LogP contribution in [0.15, 0.2) is 0 Å². The quantitative estimate of drug-likeness (QED) is 0.414. The number of hydrogen-bond donors (Lipinski definition) is 2. The molecule has 0 aliphatic rings. The average Bonchev–Trinajstić information content (AvgIpc) is 2.22. The smallest absolute Gasteiger partial charge is 0.320 e. The van der Waals surface area contributed by atoms with Crippen LogP contribution in [0.2, 0.25) is 0 Å². The summed E-state index contributed by atoms with van der Waals surface area (Å²) in [6.07, 6.45) is 0. The first kappa shape index (κ1) is 14.9. The van der Waals surface area contributed by atoms with Crippen molar-refractivity contribution in [1.82, 2.24) is 10.2 Å². The van der Waals surface area contributed by atoms with Gasteiger partial charge in [-0.05, 0) is 13.5 Å². The Kier molecular flexibility index (Phi) is 8.46. The van der Waals surface area contributed by atoms with Crippen molar-refractivity contribution in [1.29, 1.82) is 0 Å². The summed E-state index contributed by atoms with van der Waals surface area (Å²) >= 11 is 0. The van der Waals surface area contributed by atoms with Gasteiger partial charge in [-0.3, -0.25) is 14.5 Å². The summed E-state index contributed by atoms with van der Waals surface area (Å²) in [6, 6.07) is 0. The van der Waals surface area contributed by atoms with Crippen molar-refractivity contribution in [3.05, 3.63) is 0 Å². The fourth-order valence-corrected chi connectivity index (χ4v) is 1.17. The van der Waals surface area contributed by atoms with Gasteiger partial charge >= 0.3 is 11.9 Å². The topological polar surface area (TPSA) is 78.9 Å². The van der Waals surface area contributed by atoms with E-state index in [-0.39, 0.29) is 19.1 Å². The normalized spacial score (nSPS) is 10.4. The van der Waals surface area contributed by atoms with Gasteiger partial charge < -0.3 is 15.2 Å². The van der Waals surface area contributed by atoms with Crippen LogP contribution in [-0.4, -0.2) is 61.3 Å². The number of ether oxygens (including phenoxy) is 1. The van der Waals surface area contributed by atoms with Crippen LogP contribution in [0.4, 0.5) is 0 Å². The summed E-state index contributed by atoms with van der Waals surface area (Å²) in [7, 11) is 0. The lowest BCUT2D eigenvalue weighted by Gasteiger charge is -2.18. The first-order valence-electron chi connectivity index (χ1n) is 5.40. The van der Waals surface area contributed by atoms with Gasteiger partial charge in [0.2, 0.25) is 0 Å². The van der Waals surface area contributed by atoms with E-state index in [9.17, 15) is 9.59 Å². The predicted octanol–water partition coefficient (Wildman–Crippen LogP) is -0.454. The van der Waals surface area contributed by atoms with Crippen molar-refractivity contribution in [2.24, 2.45) is 0 Å². The van der Waals surface area contributed by atoms with Gasteiger partial charge in [0.05, 0.1) is 19.7 Å². The van der Waals surface area contributed by atoms with E-state index in [0.29, 0.717) is 19.7 Å². The first-order chi connectivity index (χ1) is 7.60. The number of nitrogens with zero attached hydrogens (tertiary/aromatic N) is 1. The summed E-state index contributed by atoms with van der Waals surface area (Å²) in [5.74, 6) is -1.13. The van der Waals surface area contributed by atoms with Gasteiger partial charge in [-0.15, -0.1) is 0 Å². The third-order valence-corrected chi connectivity index (χ3v) is 1.99. The maximum Gasteiger partial charge on any atom is 0.320 e. The fourth-order valence-electron chi connectivity index (χ4n) is 1.17. The van der Waals surface area contributed by atoms with Crippen LogP contribution in [0.1, 0.15) is 13.8 Å². The SMILES string of the molecule is CCOC(=O)CN(CC)CCNCC(=O)O. The van der Waals surface area contributed by atoms with Crippen LogP contribution in [0.25, 0.3) is 0 Å². The number of carbonyl (C=O) groups is 2. The van der Waals surface area contributed by atoms with Gasteiger partial charge in [0.1, 0.15) is 0 Å². The van der Waals surface area contributed by atoms with Crippen LogP contribution in [0, 0.1) is 0 Å². The van der Waals surface area contributed by atoms with Crippen LogP contribution in [-0.2, 0) is 14.3 Å². The van der Waals surface area contributed by atoms with E-state index >= 15 is 0 Å². The Morgan fingerprint density at radius 3 is 2.56 bits per heavy atom. The maximum atomic E-state index is 11.2. The van der Waals surface area contributed by atoms with Crippen molar-refractivity contribution < 1.29 is 19.4 Å². The Balaban J connectivity index is 3.66. The highest BCUT2D eigenvalue weighted by atomic mass is 16.5. The largest absolute Gasteiger partial charge is 0.480 e. The molecular weight excluding hydrogens is 212 g/mol. The van der Waals surface area contributed by atoms with Gasteiger partial charge in [0, 0.05) is 13.1 Å². The number of carboxylic acids is 1. The second-order valence-corrected chi connectivity index (χ2v) is 3.24. The number of hydrogen-bond acceptors (Lipinski definition) is 5. The van der Waals surface area contributed by atoms with E-state index in [0.717, 1.165) is 6.54 Å². The number of likely N-dealkylation sites (N-methyl/N-ethyl adjacent to an activating group) is 1. The minimum Gasteiger partial charge on any atom is -0.480 e. The van der Waals surface area contributed by atoms with Crippen molar-refractivity contribution >= 4 is 11.9 Å². The Hall–Kier alpha value is -1.14. The summed E-state index contributed by atoms with van der Waals surface area (Å²) in [5.41, 5.74) is 0. The first-order valence-corrected chi connectivity index (χ1v) is 5.40. The second-order valence-electron chi connectivity index (χ2n) is 3.24. The number of carboxylic acid groups (broad SMARTS) is 1. The van der Waals surface area contributed by atoms with Gasteiger partial charge in [0.25, 0.3) is 0 Å². The Labute approximate surface area is 95.6 Å². The van der Waals surface area contributed by atoms with E-state index in [1.54, 1.807) is 6.92 Å². The molecule has 0 spiro atoms. The molecule has 0 bridgehead atoms. The molecule has 0 aromatic carbocycles. The van der Waals surface area contributed by atoms with Crippen molar-refractivity contribution in [2.45, 2.75) is 13.8 Å². The number of esters is 1. The van der Waals surface area contributed by atoms with Crippen LogP contribution >= 0.6 is 0 Å². The molecule has 0 atom stereocenters. The van der Waals surface area contributed by atoms with E-state index in [4.69, 9.17) is 9.84 Å². The fraction of sp³-hybridized carbons (Fsp3) is 0.800. The molecular formula is C10H20N2O4. The molecule has 2 N–H and O–H groups in total. The summed E-state index contributed by atoms with van der Waals surface area (Å²) < 4.78 is 4.82. The molecule has 0 aromatic heterocycles. The Bertz CT molecular complexity index is 221. The number of nitrogens with one attached hydrogen (secondary N) is 1. The highest BCUT2D eigenvalue weighted by Gasteiger charge is 2.09. The molecule has 0 rings (SSSR count). The van der Waals surface area contributed by atoms with Crippen molar-refractivity contribution in [3.63, 3.8) is 0 Å². The molecule has 0 saturated carbocycles. The van der Waals surface area contributed by atoms with Crippen LogP contribution in [0.5, 0.6) is 0 Å². The van der Waals surface area contributed by atoms with E-state index < -0.39 is 5.97 Å². The minimum atomic E-state index is -0.881. The third-order valence-electron chi connectivity index (χ3n) is 1.99. The molecule has 94 valence electrons. The average molecular weight is 232 g/mol. The zero-order valence-electron chi connectivity index (χ0n) is 9.86. The van der Waals surface area contributed by atoms with Gasteiger partial charge in [-0.25, -0.2) is 0 Å². The Morgan fingerprint density at radius 2 is 2.06 bits per heavy atom. The molecule has 0 unspecified atom stereocenters. The molecule has 0 amide bonds. The molecule has 0 saturated heterocycles. The number of rotatable bonds is 9. The molecule has 0 aliphatic carbocycles. The molecule has 6 heteroatoms. The van der Waals surface area contributed by atoms with Crippen LogP contribution in [0.3, 0.4) is 0 Å². The summed E-state index contributed by atoms with van der Waals surface area (Å²) in [5, 5.41) is 11.2. The van der Waals surface area contributed by atoms with Gasteiger partial charge in [0.15, 0.2) is 0 Å². The summed E-state index contributed by atoms with van der Waals surface area (Å²) in [4.78, 5) is 23.3. The number of carbonyl (C=O) groups excluding carboxylic acids is 1. The molecule has 0 radical (unpaired) electrons. The lowest BCUT2D eigenvalue weighted by molar-refractivity contribution is -0.144. The minimum absolute atomic E-state index is 0.0586. The highest BCUT2D eigenvalue weighted by molar-refractivity contribution is 5.71. The molecule has 0 fully saturated rings. The summed E-state index contributed by atoms with van der Waals surface area (Å²) in [6.45, 7) is 6.18. The molecule has 0 aliphatic heterocycles. The monoisotopic (exact) mass is 232 g/mol. The Morgan fingerprint density at radius 1 is 1.38 bits per heavy atom. The van der Waals surface area contributed by atoms with Crippen LogP contribution < -0.4 is 5.32 Å². The lowest BCUT2D eigenvalue weighted by atomic mass is 10.4. The highest BCUT2D eigenvalue weighted by Crippen LogP contribution is 1.89. The molecule has 0 aromatic rings. The standard InChI is InChI=1S/C10H20N2O4/c1-3-12(8-10(15)16-4-2)6-5-11-7-9(13)14/h11H,3-8H2,1-2H3,(H,13,14). The van der Waals surface area contributed by atoms with E-state index in [2.05, 4.69) is 5.32 Å². The van der Waals surface area contributed by atoms with Gasteiger partial charge in [-0.2, -0.15) is 0 Å². The predicted molar refractivity (Wildman–Crippen MR) is 59.3 cm³/mol. The zero-order valence-corrected chi connectivity index (χ0v) is 9.86. The molecule has 16 heavy (non-hydrogen) atoms. The zero-order chi connectivity index (χ0) is 12.4. The molecule has 0 heterocycles. The second kappa shape index (κ2) is 9.11. The maximum absolute atomic E-state index is 11.2. The third kappa shape index (κ3) is 8.19.